The second-order valence-corrected chi connectivity index (χ2v) is 6.46. The average Bonchev–Trinajstić information content (AvgIpc) is 2.36. The molecule has 112 valence electrons. The first-order valence-electron chi connectivity index (χ1n) is 5.77. The molecule has 0 aliphatic carbocycles. The first kappa shape index (κ1) is 16.6. The largest absolute Gasteiger partial charge is 0.495 e. The zero-order valence-electron chi connectivity index (χ0n) is 11.7. The summed E-state index contributed by atoms with van der Waals surface area (Å²) in [6.07, 6.45) is 1.02. The van der Waals surface area contributed by atoms with Crippen molar-refractivity contribution in [3.63, 3.8) is 0 Å². The van der Waals surface area contributed by atoms with E-state index in [0.29, 0.717) is 10.8 Å². The lowest BCUT2D eigenvalue weighted by molar-refractivity contribution is -0.121. The first-order valence-corrected chi connectivity index (χ1v) is 7.99. The third-order valence-electron chi connectivity index (χ3n) is 2.71. The average molecular weight is 321 g/mol. The highest BCUT2D eigenvalue weighted by Crippen LogP contribution is 2.34. The number of rotatable bonds is 5. The Hall–Kier alpha value is -1.47. The molecule has 1 rings (SSSR count). The lowest BCUT2D eigenvalue weighted by Crippen LogP contribution is -2.47. The van der Waals surface area contributed by atoms with Gasteiger partial charge in [-0.2, -0.15) is 0 Å². The fourth-order valence-electron chi connectivity index (χ4n) is 1.83. The van der Waals surface area contributed by atoms with E-state index < -0.39 is 22.0 Å². The zero-order chi connectivity index (χ0) is 15.5. The molecule has 0 fully saturated rings. The van der Waals surface area contributed by atoms with Gasteiger partial charge in [0, 0.05) is 12.1 Å². The first-order chi connectivity index (χ1) is 9.22. The van der Waals surface area contributed by atoms with Gasteiger partial charge in [-0.1, -0.05) is 11.6 Å². The van der Waals surface area contributed by atoms with Gasteiger partial charge in [0.25, 0.3) is 0 Å². The summed E-state index contributed by atoms with van der Waals surface area (Å²) in [4.78, 5) is 11.8. The van der Waals surface area contributed by atoms with Crippen LogP contribution in [0, 0.1) is 0 Å². The monoisotopic (exact) mass is 320 g/mol. The molecule has 1 amide bonds. The summed E-state index contributed by atoms with van der Waals surface area (Å²) in [7, 11) is -0.834. The van der Waals surface area contributed by atoms with Crippen LogP contribution in [0.3, 0.4) is 0 Å². The van der Waals surface area contributed by atoms with Crippen LogP contribution in [-0.2, 0) is 14.8 Å². The SMILES string of the molecule is CNC(=O)C(C)N(c1cc(Cl)ccc1OC)S(C)(=O)=O. The molecular weight excluding hydrogens is 304 g/mol. The Bertz CT molecular complexity index is 603. The Morgan fingerprint density at radius 3 is 2.50 bits per heavy atom. The van der Waals surface area contributed by atoms with E-state index in [-0.39, 0.29) is 5.69 Å². The Morgan fingerprint density at radius 2 is 2.05 bits per heavy atom. The Kier molecular flexibility index (Phi) is 5.24. The maximum Gasteiger partial charge on any atom is 0.243 e. The highest BCUT2D eigenvalue weighted by molar-refractivity contribution is 7.92. The van der Waals surface area contributed by atoms with Crippen LogP contribution in [0.15, 0.2) is 18.2 Å². The fraction of sp³-hybridized carbons (Fsp3) is 0.417. The van der Waals surface area contributed by atoms with Gasteiger partial charge >= 0.3 is 0 Å². The van der Waals surface area contributed by atoms with Gasteiger partial charge in [0.05, 0.1) is 19.1 Å². The third kappa shape index (κ3) is 3.55. The molecule has 0 aliphatic rings. The van der Waals surface area contributed by atoms with E-state index in [0.717, 1.165) is 10.6 Å². The molecule has 0 aromatic heterocycles. The van der Waals surface area contributed by atoms with Gasteiger partial charge in [0.2, 0.25) is 15.9 Å². The number of nitrogens with one attached hydrogen (secondary N) is 1. The Morgan fingerprint density at radius 1 is 1.45 bits per heavy atom. The van der Waals surface area contributed by atoms with Gasteiger partial charge in [0.15, 0.2) is 0 Å². The zero-order valence-corrected chi connectivity index (χ0v) is 13.2. The molecular formula is C12H17ClN2O4S. The quantitative estimate of drug-likeness (QED) is 0.886. The molecule has 0 bridgehead atoms. The number of methoxy groups -OCH3 is 1. The number of hydrogen-bond donors (Lipinski definition) is 1. The normalized spacial score (nSPS) is 12.7. The number of anilines is 1. The molecule has 6 nitrogen and oxygen atoms in total. The molecule has 0 aliphatic heterocycles. The number of carbonyl (C=O) groups excluding carboxylic acids is 1. The molecule has 1 aromatic rings. The number of nitrogens with zero attached hydrogens (tertiary/aromatic N) is 1. The van der Waals surface area contributed by atoms with E-state index in [1.807, 2.05) is 0 Å². The van der Waals surface area contributed by atoms with E-state index in [9.17, 15) is 13.2 Å². The van der Waals surface area contributed by atoms with Crippen LogP contribution < -0.4 is 14.4 Å². The van der Waals surface area contributed by atoms with Gasteiger partial charge in [-0.15, -0.1) is 0 Å². The van der Waals surface area contributed by atoms with Crippen molar-refractivity contribution in [2.45, 2.75) is 13.0 Å². The molecule has 1 aromatic carbocycles. The second-order valence-electron chi connectivity index (χ2n) is 4.17. The predicted molar refractivity (Wildman–Crippen MR) is 78.9 cm³/mol. The van der Waals surface area contributed by atoms with Crippen molar-refractivity contribution in [3.8, 4) is 5.75 Å². The molecule has 1 unspecified atom stereocenters. The van der Waals surface area contributed by atoms with Crippen LogP contribution in [0.1, 0.15) is 6.92 Å². The molecule has 8 heteroatoms. The number of amides is 1. The maximum atomic E-state index is 12.0. The summed E-state index contributed by atoms with van der Waals surface area (Å²) >= 11 is 5.91. The van der Waals surface area contributed by atoms with Gasteiger partial charge in [-0.05, 0) is 25.1 Å². The van der Waals surface area contributed by atoms with Gasteiger partial charge in [0.1, 0.15) is 11.8 Å². The smallest absolute Gasteiger partial charge is 0.243 e. The summed E-state index contributed by atoms with van der Waals surface area (Å²) < 4.78 is 30.2. The van der Waals surface area contributed by atoms with Gasteiger partial charge in [-0.3, -0.25) is 9.10 Å². The minimum atomic E-state index is -3.69. The summed E-state index contributed by atoms with van der Waals surface area (Å²) in [5, 5.41) is 2.77. The van der Waals surface area contributed by atoms with E-state index >= 15 is 0 Å². The van der Waals surface area contributed by atoms with Crippen molar-refractivity contribution in [2.75, 3.05) is 24.7 Å². The molecule has 1 atom stereocenters. The topological polar surface area (TPSA) is 75.7 Å². The van der Waals surface area contributed by atoms with Gasteiger partial charge in [-0.25, -0.2) is 8.42 Å². The number of carbonyl (C=O) groups is 1. The number of ether oxygens (including phenoxy) is 1. The van der Waals surface area contributed by atoms with Crippen molar-refractivity contribution in [1.82, 2.24) is 5.32 Å². The standard InChI is InChI=1S/C12H17ClN2O4S/c1-8(12(16)14-2)15(20(4,17)18)10-7-9(13)5-6-11(10)19-3/h5-8H,1-4H3,(H,14,16). The summed E-state index contributed by atoms with van der Waals surface area (Å²) in [6.45, 7) is 1.49. The second kappa shape index (κ2) is 6.32. The van der Waals surface area contributed by atoms with Crippen LogP contribution in [0.5, 0.6) is 5.75 Å². The summed E-state index contributed by atoms with van der Waals surface area (Å²) in [5.41, 5.74) is 0.221. The van der Waals surface area contributed by atoms with Crippen molar-refractivity contribution in [2.24, 2.45) is 0 Å². The third-order valence-corrected chi connectivity index (χ3v) is 4.18. The minimum absolute atomic E-state index is 0.221. The molecule has 1 N–H and O–H groups in total. The molecule has 0 radical (unpaired) electrons. The number of halogens is 1. The van der Waals surface area contributed by atoms with Crippen molar-refractivity contribution >= 4 is 33.2 Å². The highest BCUT2D eigenvalue weighted by Gasteiger charge is 2.30. The van der Waals surface area contributed by atoms with Crippen molar-refractivity contribution in [1.29, 1.82) is 0 Å². The highest BCUT2D eigenvalue weighted by atomic mass is 35.5. The molecule has 0 spiro atoms. The molecule has 0 heterocycles. The Balaban J connectivity index is 3.47. The van der Waals surface area contributed by atoms with Crippen molar-refractivity contribution < 1.29 is 17.9 Å². The van der Waals surface area contributed by atoms with Crippen molar-refractivity contribution in [3.05, 3.63) is 23.2 Å². The van der Waals surface area contributed by atoms with E-state index in [1.54, 1.807) is 12.1 Å². The molecule has 0 saturated heterocycles. The number of benzene rings is 1. The van der Waals surface area contributed by atoms with E-state index in [4.69, 9.17) is 16.3 Å². The number of likely N-dealkylation sites (N-methyl/N-ethyl adjacent to an activating group) is 1. The predicted octanol–water partition coefficient (Wildman–Crippen LogP) is 1.25. The molecule has 20 heavy (non-hydrogen) atoms. The van der Waals surface area contributed by atoms with Gasteiger partial charge < -0.3 is 10.1 Å². The summed E-state index contributed by atoms with van der Waals surface area (Å²) in [5.74, 6) is -0.118. The number of hydrogen-bond acceptors (Lipinski definition) is 4. The van der Waals surface area contributed by atoms with E-state index in [1.165, 1.54) is 27.1 Å². The maximum absolute atomic E-state index is 12.0. The van der Waals surface area contributed by atoms with E-state index in [2.05, 4.69) is 5.32 Å². The minimum Gasteiger partial charge on any atom is -0.495 e. The molecule has 0 saturated carbocycles. The summed E-state index contributed by atoms with van der Waals surface area (Å²) in [6, 6.07) is 3.64. The Labute approximate surface area is 123 Å². The van der Waals surface area contributed by atoms with Crippen LogP contribution in [-0.4, -0.2) is 40.8 Å². The van der Waals surface area contributed by atoms with Crippen LogP contribution in [0.4, 0.5) is 5.69 Å². The van der Waals surface area contributed by atoms with Crippen LogP contribution in [0.2, 0.25) is 5.02 Å². The van der Waals surface area contributed by atoms with Crippen LogP contribution in [0.25, 0.3) is 0 Å². The lowest BCUT2D eigenvalue weighted by atomic mass is 10.2. The fourth-order valence-corrected chi connectivity index (χ4v) is 3.16. The lowest BCUT2D eigenvalue weighted by Gasteiger charge is -2.29. The number of sulfonamides is 1. The van der Waals surface area contributed by atoms with Crippen LogP contribution >= 0.6 is 11.6 Å².